The Labute approximate surface area is 175 Å². The number of amides is 1. The van der Waals surface area contributed by atoms with Crippen LogP contribution in [0.4, 0.5) is 0 Å². The summed E-state index contributed by atoms with van der Waals surface area (Å²) in [7, 11) is 3.27. The molecule has 4 rings (SSSR count). The molecule has 30 heavy (non-hydrogen) atoms. The van der Waals surface area contributed by atoms with Crippen LogP contribution in [0.15, 0.2) is 42.5 Å². The summed E-state index contributed by atoms with van der Waals surface area (Å²) in [6, 6.07) is 13.5. The van der Waals surface area contributed by atoms with Crippen molar-refractivity contribution < 1.29 is 14.3 Å². The molecule has 1 amide bonds. The van der Waals surface area contributed by atoms with Crippen LogP contribution in [0, 0.1) is 6.92 Å². The van der Waals surface area contributed by atoms with E-state index in [0.29, 0.717) is 12.4 Å². The topological polar surface area (TPSA) is 82.4 Å². The van der Waals surface area contributed by atoms with E-state index >= 15 is 0 Å². The standard InChI is InChI=1S/C22H25N5O3/c1-15-6-8-16(9-7-15)22-23-25-27(24-22)14-21(28)26-12-4-5-19(26)18-13-17(29-2)10-11-20(18)30-3/h6-11,13,19H,4-5,12,14H2,1-3H3/t19-/m0/s1. The number of aryl methyl sites for hydroxylation is 1. The van der Waals surface area contributed by atoms with Crippen LogP contribution in [-0.4, -0.2) is 51.8 Å². The molecule has 1 fully saturated rings. The maximum Gasteiger partial charge on any atom is 0.246 e. The second-order valence-electron chi connectivity index (χ2n) is 7.36. The number of hydrogen-bond donors (Lipinski definition) is 0. The molecule has 1 saturated heterocycles. The fraction of sp³-hybridized carbons (Fsp3) is 0.364. The van der Waals surface area contributed by atoms with E-state index in [1.807, 2.05) is 54.3 Å². The second-order valence-corrected chi connectivity index (χ2v) is 7.36. The minimum Gasteiger partial charge on any atom is -0.497 e. The Hall–Kier alpha value is -3.42. The van der Waals surface area contributed by atoms with Gasteiger partial charge in [-0.1, -0.05) is 29.8 Å². The van der Waals surface area contributed by atoms with E-state index in [9.17, 15) is 4.79 Å². The molecule has 2 aromatic carbocycles. The Bertz CT molecular complexity index is 1030. The molecule has 156 valence electrons. The number of benzene rings is 2. The number of tetrazole rings is 1. The molecule has 0 bridgehead atoms. The number of hydrogen-bond acceptors (Lipinski definition) is 6. The summed E-state index contributed by atoms with van der Waals surface area (Å²) in [6.07, 6.45) is 1.80. The van der Waals surface area contributed by atoms with Crippen LogP contribution < -0.4 is 9.47 Å². The van der Waals surface area contributed by atoms with Gasteiger partial charge in [0.25, 0.3) is 0 Å². The van der Waals surface area contributed by atoms with Gasteiger partial charge in [0.15, 0.2) is 0 Å². The second kappa shape index (κ2) is 8.52. The van der Waals surface area contributed by atoms with Crippen LogP contribution in [0.5, 0.6) is 11.5 Å². The highest BCUT2D eigenvalue weighted by Crippen LogP contribution is 2.39. The molecule has 2 heterocycles. The third kappa shape index (κ3) is 3.98. The molecule has 0 saturated carbocycles. The van der Waals surface area contributed by atoms with Gasteiger partial charge in [0.2, 0.25) is 11.7 Å². The van der Waals surface area contributed by atoms with Gasteiger partial charge in [0.05, 0.1) is 20.3 Å². The number of nitrogens with zero attached hydrogens (tertiary/aromatic N) is 5. The van der Waals surface area contributed by atoms with E-state index in [2.05, 4.69) is 15.4 Å². The first-order valence-electron chi connectivity index (χ1n) is 9.95. The van der Waals surface area contributed by atoms with Gasteiger partial charge in [-0.3, -0.25) is 4.79 Å². The molecule has 8 nitrogen and oxygen atoms in total. The van der Waals surface area contributed by atoms with Gasteiger partial charge in [-0.25, -0.2) is 0 Å². The lowest BCUT2D eigenvalue weighted by Crippen LogP contribution is -2.34. The number of carbonyl (C=O) groups is 1. The lowest BCUT2D eigenvalue weighted by atomic mass is 10.0. The van der Waals surface area contributed by atoms with Crippen molar-refractivity contribution in [2.75, 3.05) is 20.8 Å². The number of methoxy groups -OCH3 is 2. The van der Waals surface area contributed by atoms with E-state index < -0.39 is 0 Å². The van der Waals surface area contributed by atoms with Crippen LogP contribution in [-0.2, 0) is 11.3 Å². The zero-order valence-corrected chi connectivity index (χ0v) is 17.4. The van der Waals surface area contributed by atoms with Gasteiger partial charge in [-0.2, -0.15) is 4.80 Å². The van der Waals surface area contributed by atoms with Crippen molar-refractivity contribution in [3.8, 4) is 22.9 Å². The highest BCUT2D eigenvalue weighted by atomic mass is 16.5. The third-order valence-electron chi connectivity index (χ3n) is 5.41. The molecule has 1 aliphatic rings. The monoisotopic (exact) mass is 407 g/mol. The van der Waals surface area contributed by atoms with E-state index in [1.54, 1.807) is 14.2 Å². The number of carbonyl (C=O) groups excluding carboxylic acids is 1. The molecule has 8 heteroatoms. The molecular weight excluding hydrogens is 382 g/mol. The van der Waals surface area contributed by atoms with Crippen LogP contribution in [0.1, 0.15) is 30.0 Å². The van der Waals surface area contributed by atoms with Gasteiger partial charge >= 0.3 is 0 Å². The van der Waals surface area contributed by atoms with Crippen LogP contribution in [0.25, 0.3) is 11.4 Å². The minimum atomic E-state index is -0.0670. The van der Waals surface area contributed by atoms with E-state index in [4.69, 9.17) is 9.47 Å². The van der Waals surface area contributed by atoms with E-state index in [0.717, 1.165) is 41.0 Å². The molecular formula is C22H25N5O3. The lowest BCUT2D eigenvalue weighted by Gasteiger charge is -2.26. The maximum atomic E-state index is 13.1. The number of likely N-dealkylation sites (tertiary alicyclic amines) is 1. The first kappa shape index (κ1) is 19.9. The molecule has 1 atom stereocenters. The van der Waals surface area contributed by atoms with Crippen molar-refractivity contribution >= 4 is 5.91 Å². The molecule has 0 unspecified atom stereocenters. The molecule has 0 spiro atoms. The normalized spacial score (nSPS) is 16.0. The van der Waals surface area contributed by atoms with Crippen LogP contribution >= 0.6 is 0 Å². The highest BCUT2D eigenvalue weighted by molar-refractivity contribution is 5.77. The van der Waals surface area contributed by atoms with Gasteiger partial charge in [-0.05, 0) is 43.2 Å². The molecule has 1 aromatic heterocycles. The molecule has 0 radical (unpaired) electrons. The van der Waals surface area contributed by atoms with Gasteiger partial charge in [0.1, 0.15) is 18.0 Å². The summed E-state index contributed by atoms with van der Waals surface area (Å²) in [5.74, 6) is 1.96. The largest absolute Gasteiger partial charge is 0.497 e. The van der Waals surface area contributed by atoms with Crippen LogP contribution in [0.3, 0.4) is 0 Å². The van der Waals surface area contributed by atoms with Crippen molar-refractivity contribution in [3.05, 3.63) is 53.6 Å². The van der Waals surface area contributed by atoms with Gasteiger partial charge < -0.3 is 14.4 Å². The van der Waals surface area contributed by atoms with E-state index in [1.165, 1.54) is 4.80 Å². The summed E-state index contributed by atoms with van der Waals surface area (Å²) in [4.78, 5) is 16.3. The predicted molar refractivity (Wildman–Crippen MR) is 111 cm³/mol. The summed E-state index contributed by atoms with van der Waals surface area (Å²) in [5, 5.41) is 12.5. The lowest BCUT2D eigenvalue weighted by molar-refractivity contribution is -0.133. The number of aromatic nitrogens is 4. The Kier molecular flexibility index (Phi) is 5.65. The smallest absolute Gasteiger partial charge is 0.246 e. The van der Waals surface area contributed by atoms with E-state index in [-0.39, 0.29) is 18.5 Å². The van der Waals surface area contributed by atoms with Crippen molar-refractivity contribution in [2.45, 2.75) is 32.4 Å². The Balaban J connectivity index is 1.52. The van der Waals surface area contributed by atoms with Crippen LogP contribution in [0.2, 0.25) is 0 Å². The first-order valence-corrected chi connectivity index (χ1v) is 9.95. The predicted octanol–water partition coefficient (Wildman–Crippen LogP) is 3.03. The van der Waals surface area contributed by atoms with Gasteiger partial charge in [0, 0.05) is 17.7 Å². The van der Waals surface area contributed by atoms with Crippen molar-refractivity contribution in [1.82, 2.24) is 25.1 Å². The fourth-order valence-corrected chi connectivity index (χ4v) is 3.83. The summed E-state index contributed by atoms with van der Waals surface area (Å²) in [6.45, 7) is 2.75. The zero-order chi connectivity index (χ0) is 21.1. The van der Waals surface area contributed by atoms with Gasteiger partial charge in [-0.15, -0.1) is 10.2 Å². The maximum absolute atomic E-state index is 13.1. The summed E-state index contributed by atoms with van der Waals surface area (Å²) < 4.78 is 10.9. The SMILES string of the molecule is COc1ccc(OC)c([C@@H]2CCCN2C(=O)Cn2nnc(-c3ccc(C)cc3)n2)c1. The average Bonchev–Trinajstić information content (AvgIpc) is 3.43. The average molecular weight is 407 g/mol. The first-order chi connectivity index (χ1) is 14.6. The Morgan fingerprint density at radius 3 is 2.67 bits per heavy atom. The molecule has 0 N–H and O–H groups in total. The zero-order valence-electron chi connectivity index (χ0n) is 17.4. The summed E-state index contributed by atoms with van der Waals surface area (Å²) >= 11 is 0. The van der Waals surface area contributed by atoms with Crippen molar-refractivity contribution in [3.63, 3.8) is 0 Å². The number of ether oxygens (including phenoxy) is 2. The fourth-order valence-electron chi connectivity index (χ4n) is 3.83. The highest BCUT2D eigenvalue weighted by Gasteiger charge is 2.32. The van der Waals surface area contributed by atoms with Crippen molar-refractivity contribution in [1.29, 1.82) is 0 Å². The number of rotatable bonds is 6. The summed E-state index contributed by atoms with van der Waals surface area (Å²) in [5.41, 5.74) is 2.99. The third-order valence-corrected chi connectivity index (χ3v) is 5.41. The Morgan fingerprint density at radius 1 is 1.13 bits per heavy atom. The molecule has 0 aliphatic carbocycles. The van der Waals surface area contributed by atoms with Crippen molar-refractivity contribution in [2.24, 2.45) is 0 Å². The Morgan fingerprint density at radius 2 is 1.93 bits per heavy atom. The quantitative estimate of drug-likeness (QED) is 0.625. The molecule has 1 aliphatic heterocycles. The molecule has 3 aromatic rings. The minimum absolute atomic E-state index is 0.0433.